The van der Waals surface area contributed by atoms with Gasteiger partial charge in [-0.25, -0.2) is 4.79 Å². The van der Waals surface area contributed by atoms with Crippen molar-refractivity contribution in [2.75, 3.05) is 5.32 Å². The summed E-state index contributed by atoms with van der Waals surface area (Å²) in [5.74, 6) is -1.13. The predicted octanol–water partition coefficient (Wildman–Crippen LogP) is 3.49. The summed E-state index contributed by atoms with van der Waals surface area (Å²) in [6.07, 6.45) is 0. The fourth-order valence-electron chi connectivity index (χ4n) is 2.49. The highest BCUT2D eigenvalue weighted by molar-refractivity contribution is 6.01. The van der Waals surface area contributed by atoms with E-state index in [4.69, 9.17) is 5.11 Å². The van der Waals surface area contributed by atoms with E-state index in [2.05, 4.69) is 10.3 Å². The third-order valence-corrected chi connectivity index (χ3v) is 3.39. The molecule has 5 heteroatoms. The van der Waals surface area contributed by atoms with E-state index in [1.165, 1.54) is 6.92 Å². The molecule has 3 aromatic rings. The topological polar surface area (TPSA) is 82.2 Å². The summed E-state index contributed by atoms with van der Waals surface area (Å²) in [6, 6.07) is 14.7. The van der Waals surface area contributed by atoms with E-state index < -0.39 is 5.97 Å². The Morgan fingerprint density at radius 3 is 2.59 bits per heavy atom. The van der Waals surface area contributed by atoms with E-state index in [0.717, 1.165) is 22.0 Å². The highest BCUT2D eigenvalue weighted by Gasteiger charge is 2.11. The summed E-state index contributed by atoms with van der Waals surface area (Å²) in [5, 5.41) is 12.7. The van der Waals surface area contributed by atoms with Crippen LogP contribution in [0.4, 0.5) is 5.69 Å². The van der Waals surface area contributed by atoms with Crippen LogP contribution in [0.1, 0.15) is 17.4 Å². The minimum atomic E-state index is -0.992. The van der Waals surface area contributed by atoms with E-state index in [-0.39, 0.29) is 11.6 Å². The average molecular weight is 294 g/mol. The highest BCUT2D eigenvalue weighted by Crippen LogP contribution is 2.30. The Kier molecular flexibility index (Phi) is 3.39. The van der Waals surface area contributed by atoms with Gasteiger partial charge in [-0.2, -0.15) is 0 Å². The number of benzene rings is 2. The van der Waals surface area contributed by atoms with Crippen LogP contribution in [-0.4, -0.2) is 22.0 Å². The van der Waals surface area contributed by atoms with Crippen molar-refractivity contribution in [2.24, 2.45) is 0 Å². The number of hydrogen-bond donors (Lipinski definition) is 3. The fourth-order valence-corrected chi connectivity index (χ4v) is 2.49. The predicted molar refractivity (Wildman–Crippen MR) is 85.0 cm³/mol. The molecule has 22 heavy (non-hydrogen) atoms. The molecule has 2 aromatic carbocycles. The summed E-state index contributed by atoms with van der Waals surface area (Å²) >= 11 is 0. The van der Waals surface area contributed by atoms with Crippen molar-refractivity contribution in [3.8, 4) is 11.1 Å². The van der Waals surface area contributed by atoms with Crippen molar-refractivity contribution in [3.63, 3.8) is 0 Å². The van der Waals surface area contributed by atoms with Crippen LogP contribution < -0.4 is 5.32 Å². The molecule has 3 N–H and O–H groups in total. The van der Waals surface area contributed by atoms with Crippen molar-refractivity contribution in [2.45, 2.75) is 6.92 Å². The number of fused-ring (bicyclic) bond motifs is 1. The Morgan fingerprint density at radius 1 is 1.09 bits per heavy atom. The first-order valence-corrected chi connectivity index (χ1v) is 6.77. The molecule has 1 heterocycles. The smallest absolute Gasteiger partial charge is 0.352 e. The zero-order valence-electron chi connectivity index (χ0n) is 11.9. The maximum atomic E-state index is 11.2. The van der Waals surface area contributed by atoms with Crippen LogP contribution in [-0.2, 0) is 4.79 Å². The lowest BCUT2D eigenvalue weighted by Gasteiger charge is -2.07. The minimum absolute atomic E-state index is 0.134. The molecule has 5 nitrogen and oxygen atoms in total. The maximum Gasteiger partial charge on any atom is 0.352 e. The second-order valence-corrected chi connectivity index (χ2v) is 5.02. The minimum Gasteiger partial charge on any atom is -0.477 e. The van der Waals surface area contributed by atoms with E-state index in [0.29, 0.717) is 5.69 Å². The molecule has 0 aliphatic rings. The SMILES string of the molecule is CC(=O)Nc1cccc(-c2cccc3[nH]c(C(=O)O)cc23)c1. The Bertz CT molecular complexity index is 880. The van der Waals surface area contributed by atoms with Crippen molar-refractivity contribution < 1.29 is 14.7 Å². The van der Waals surface area contributed by atoms with E-state index in [9.17, 15) is 9.59 Å². The normalized spacial score (nSPS) is 10.6. The number of aromatic nitrogens is 1. The quantitative estimate of drug-likeness (QED) is 0.691. The van der Waals surface area contributed by atoms with Crippen molar-refractivity contribution in [3.05, 3.63) is 54.2 Å². The van der Waals surface area contributed by atoms with Gasteiger partial charge in [0.05, 0.1) is 0 Å². The number of H-pyrrole nitrogens is 1. The number of carbonyl (C=O) groups excluding carboxylic acids is 1. The lowest BCUT2D eigenvalue weighted by atomic mass is 10.0. The largest absolute Gasteiger partial charge is 0.477 e. The van der Waals surface area contributed by atoms with Crippen molar-refractivity contribution in [1.29, 1.82) is 0 Å². The summed E-state index contributed by atoms with van der Waals surface area (Å²) in [4.78, 5) is 25.2. The number of carboxylic acid groups (broad SMARTS) is 1. The van der Waals surface area contributed by atoms with Gasteiger partial charge in [-0.1, -0.05) is 24.3 Å². The van der Waals surface area contributed by atoms with Crippen LogP contribution in [0.2, 0.25) is 0 Å². The molecule has 0 bridgehead atoms. The molecule has 0 radical (unpaired) electrons. The monoisotopic (exact) mass is 294 g/mol. The van der Waals surface area contributed by atoms with Gasteiger partial charge in [-0.05, 0) is 35.4 Å². The summed E-state index contributed by atoms with van der Waals surface area (Å²) < 4.78 is 0. The zero-order valence-corrected chi connectivity index (χ0v) is 11.9. The third kappa shape index (κ3) is 2.56. The molecule has 0 aliphatic heterocycles. The molecule has 0 fully saturated rings. The number of anilines is 1. The molecule has 1 aromatic heterocycles. The Morgan fingerprint density at radius 2 is 1.86 bits per heavy atom. The Hall–Kier alpha value is -3.08. The average Bonchev–Trinajstić information content (AvgIpc) is 2.91. The number of nitrogens with one attached hydrogen (secondary N) is 2. The van der Waals surface area contributed by atoms with E-state index in [1.54, 1.807) is 6.07 Å². The molecule has 1 amide bonds. The van der Waals surface area contributed by atoms with Gasteiger partial charge in [0.1, 0.15) is 5.69 Å². The molecular formula is C17H14N2O3. The zero-order chi connectivity index (χ0) is 15.7. The number of carboxylic acids is 1. The van der Waals surface area contributed by atoms with Gasteiger partial charge in [0.15, 0.2) is 0 Å². The first kappa shape index (κ1) is 13.9. The van der Waals surface area contributed by atoms with Crippen LogP contribution in [0.5, 0.6) is 0 Å². The van der Waals surface area contributed by atoms with Gasteiger partial charge in [-0.15, -0.1) is 0 Å². The first-order valence-electron chi connectivity index (χ1n) is 6.77. The number of aromatic carboxylic acids is 1. The van der Waals surface area contributed by atoms with Gasteiger partial charge >= 0.3 is 5.97 Å². The summed E-state index contributed by atoms with van der Waals surface area (Å²) in [5.41, 5.74) is 3.44. The van der Waals surface area contributed by atoms with Crippen LogP contribution in [0.25, 0.3) is 22.0 Å². The van der Waals surface area contributed by atoms with Gasteiger partial charge in [-0.3, -0.25) is 4.79 Å². The van der Waals surface area contributed by atoms with Crippen LogP contribution >= 0.6 is 0 Å². The van der Waals surface area contributed by atoms with Crippen molar-refractivity contribution in [1.82, 2.24) is 4.98 Å². The van der Waals surface area contributed by atoms with E-state index in [1.807, 2.05) is 42.5 Å². The molecule has 3 rings (SSSR count). The molecule has 110 valence electrons. The van der Waals surface area contributed by atoms with Gasteiger partial charge < -0.3 is 15.4 Å². The molecule has 0 atom stereocenters. The fraction of sp³-hybridized carbons (Fsp3) is 0.0588. The van der Waals surface area contributed by atoms with Crippen LogP contribution in [0.3, 0.4) is 0 Å². The molecule has 0 aliphatic carbocycles. The van der Waals surface area contributed by atoms with Gasteiger partial charge in [0.25, 0.3) is 0 Å². The van der Waals surface area contributed by atoms with Crippen molar-refractivity contribution >= 4 is 28.5 Å². The highest BCUT2D eigenvalue weighted by atomic mass is 16.4. The summed E-state index contributed by atoms with van der Waals surface area (Å²) in [6.45, 7) is 1.46. The molecule has 0 spiro atoms. The third-order valence-electron chi connectivity index (χ3n) is 3.39. The summed E-state index contributed by atoms with van der Waals surface area (Å²) in [7, 11) is 0. The Labute approximate surface area is 126 Å². The molecular weight excluding hydrogens is 280 g/mol. The first-order chi connectivity index (χ1) is 10.5. The van der Waals surface area contributed by atoms with Gasteiger partial charge in [0, 0.05) is 23.5 Å². The van der Waals surface area contributed by atoms with E-state index >= 15 is 0 Å². The molecule has 0 saturated heterocycles. The number of amides is 1. The van der Waals surface area contributed by atoms with Gasteiger partial charge in [0.2, 0.25) is 5.91 Å². The maximum absolute atomic E-state index is 11.2. The van der Waals surface area contributed by atoms with Crippen LogP contribution in [0.15, 0.2) is 48.5 Å². The number of carbonyl (C=O) groups is 2. The second kappa shape index (κ2) is 5.37. The number of aromatic amines is 1. The lowest BCUT2D eigenvalue weighted by molar-refractivity contribution is -0.114. The van der Waals surface area contributed by atoms with Crippen LogP contribution in [0, 0.1) is 0 Å². The number of rotatable bonds is 3. The Balaban J connectivity index is 2.13. The number of hydrogen-bond acceptors (Lipinski definition) is 2. The molecule has 0 unspecified atom stereocenters. The lowest BCUT2D eigenvalue weighted by Crippen LogP contribution is -2.05. The molecule has 0 saturated carbocycles. The second-order valence-electron chi connectivity index (χ2n) is 5.02. The standard InChI is InChI=1S/C17H14N2O3/c1-10(20)18-12-5-2-4-11(8-12)13-6-3-7-15-14(13)9-16(19-15)17(21)22/h2-9,19H,1H3,(H,18,20)(H,21,22).